The number of ether oxygens (including phenoxy) is 1. The van der Waals surface area contributed by atoms with Crippen LogP contribution in [-0.4, -0.2) is 26.4 Å². The maximum atomic E-state index is 9.75. The Morgan fingerprint density at radius 1 is 0.970 bits per heavy atom. The number of nitrogens with zero attached hydrogens (tertiary/aromatic N) is 3. The first-order valence-corrected chi connectivity index (χ1v) is 11.3. The zero-order valence-electron chi connectivity index (χ0n) is 18.1. The summed E-state index contributed by atoms with van der Waals surface area (Å²) < 4.78 is 7.75. The van der Waals surface area contributed by atoms with Gasteiger partial charge in [0.25, 0.3) is 0 Å². The molecule has 6 nitrogen and oxygen atoms in total. The standard InChI is InChI=1S/C26H24N4O2S/c1-2-32-21-14-10-19(11-15-21)30-25(24(28-26(30)33)22-6-3-4-16-27-22)23-7-5-17-29(23)18-8-12-20(31)13-9-18/h3-17,24-25,31H,2H2,1H3,(H,28,33). The van der Waals surface area contributed by atoms with Gasteiger partial charge >= 0.3 is 0 Å². The molecule has 1 aliphatic rings. The normalized spacial score (nSPS) is 17.7. The third-order valence-corrected chi connectivity index (χ3v) is 6.05. The number of aromatic nitrogens is 2. The third-order valence-electron chi connectivity index (χ3n) is 5.74. The molecule has 0 radical (unpaired) electrons. The van der Waals surface area contributed by atoms with Crippen molar-refractivity contribution in [3.8, 4) is 17.2 Å². The predicted molar refractivity (Wildman–Crippen MR) is 133 cm³/mol. The molecule has 1 aliphatic heterocycles. The highest BCUT2D eigenvalue weighted by atomic mass is 32.1. The van der Waals surface area contributed by atoms with E-state index in [1.807, 2.05) is 73.8 Å². The monoisotopic (exact) mass is 456 g/mol. The highest BCUT2D eigenvalue weighted by Crippen LogP contribution is 2.42. The Kier molecular flexibility index (Phi) is 5.71. The molecule has 5 rings (SSSR count). The molecule has 2 atom stereocenters. The van der Waals surface area contributed by atoms with Crippen LogP contribution < -0.4 is 15.0 Å². The first kappa shape index (κ1) is 21.0. The summed E-state index contributed by atoms with van der Waals surface area (Å²) in [5.41, 5.74) is 3.89. The van der Waals surface area contributed by atoms with Gasteiger partial charge in [-0.15, -0.1) is 0 Å². The van der Waals surface area contributed by atoms with E-state index in [0.29, 0.717) is 11.7 Å². The van der Waals surface area contributed by atoms with Crippen molar-refractivity contribution in [1.82, 2.24) is 14.9 Å². The van der Waals surface area contributed by atoms with Crippen molar-refractivity contribution in [3.63, 3.8) is 0 Å². The fraction of sp³-hybridized carbons (Fsp3) is 0.154. The average molecular weight is 457 g/mol. The van der Waals surface area contributed by atoms with Gasteiger partial charge in [0.15, 0.2) is 5.11 Å². The number of phenolic OH excluding ortho intramolecular Hbond substituents is 1. The molecule has 7 heteroatoms. The minimum atomic E-state index is -0.144. The molecule has 0 amide bonds. The molecule has 2 aromatic carbocycles. The maximum absolute atomic E-state index is 9.75. The van der Waals surface area contributed by atoms with E-state index in [2.05, 4.69) is 25.8 Å². The lowest BCUT2D eigenvalue weighted by atomic mass is 10.0. The molecular weight excluding hydrogens is 432 g/mol. The summed E-state index contributed by atoms with van der Waals surface area (Å²) in [7, 11) is 0. The molecule has 3 heterocycles. The summed E-state index contributed by atoms with van der Waals surface area (Å²) in [5, 5.41) is 13.9. The van der Waals surface area contributed by atoms with E-state index in [1.54, 1.807) is 18.3 Å². The van der Waals surface area contributed by atoms with E-state index in [-0.39, 0.29) is 17.8 Å². The van der Waals surface area contributed by atoms with Gasteiger partial charge < -0.3 is 24.6 Å². The molecule has 4 aromatic rings. The van der Waals surface area contributed by atoms with Crippen LogP contribution in [0.2, 0.25) is 0 Å². The summed E-state index contributed by atoms with van der Waals surface area (Å²) in [5.74, 6) is 1.06. The zero-order valence-corrected chi connectivity index (χ0v) is 18.9. The predicted octanol–water partition coefficient (Wildman–Crippen LogP) is 5.15. The SMILES string of the molecule is CCOc1ccc(N2C(=S)NC(c3ccccn3)C2c2cccn2-c2ccc(O)cc2)cc1. The molecule has 1 saturated heterocycles. The van der Waals surface area contributed by atoms with Crippen LogP contribution in [0.1, 0.15) is 30.4 Å². The summed E-state index contributed by atoms with van der Waals surface area (Å²) in [6.07, 6.45) is 3.82. The number of phenols is 1. The van der Waals surface area contributed by atoms with E-state index < -0.39 is 0 Å². The van der Waals surface area contributed by atoms with Gasteiger partial charge in [-0.05, 0) is 91.9 Å². The quantitative estimate of drug-likeness (QED) is 0.391. The zero-order chi connectivity index (χ0) is 22.8. The minimum absolute atomic E-state index is 0.143. The Labute approximate surface area is 198 Å². The Morgan fingerprint density at radius 3 is 2.42 bits per heavy atom. The van der Waals surface area contributed by atoms with Gasteiger partial charge in [0, 0.05) is 29.5 Å². The van der Waals surface area contributed by atoms with Crippen LogP contribution in [0.5, 0.6) is 11.5 Å². The number of thiocarbonyl (C=S) groups is 1. The van der Waals surface area contributed by atoms with Crippen molar-refractivity contribution >= 4 is 23.0 Å². The van der Waals surface area contributed by atoms with E-state index in [1.165, 1.54) is 0 Å². The van der Waals surface area contributed by atoms with Gasteiger partial charge in [0.1, 0.15) is 17.5 Å². The molecule has 1 fully saturated rings. The fourth-order valence-electron chi connectivity index (χ4n) is 4.29. The van der Waals surface area contributed by atoms with Crippen molar-refractivity contribution in [2.75, 3.05) is 11.5 Å². The van der Waals surface area contributed by atoms with Crippen molar-refractivity contribution < 1.29 is 9.84 Å². The van der Waals surface area contributed by atoms with Gasteiger partial charge in [-0.2, -0.15) is 0 Å². The van der Waals surface area contributed by atoms with Crippen LogP contribution in [0, 0.1) is 0 Å². The van der Waals surface area contributed by atoms with Crippen molar-refractivity contribution in [1.29, 1.82) is 0 Å². The molecule has 2 N–H and O–H groups in total. The maximum Gasteiger partial charge on any atom is 0.174 e. The highest BCUT2D eigenvalue weighted by molar-refractivity contribution is 7.80. The summed E-state index contributed by atoms with van der Waals surface area (Å²) in [4.78, 5) is 6.76. The highest BCUT2D eigenvalue weighted by Gasteiger charge is 2.42. The first-order chi connectivity index (χ1) is 16.2. The Bertz CT molecular complexity index is 1240. The molecule has 2 aromatic heterocycles. The molecular formula is C26H24N4O2S. The lowest BCUT2D eigenvalue weighted by molar-refractivity contribution is 0.340. The molecule has 0 spiro atoms. The van der Waals surface area contributed by atoms with Gasteiger partial charge in [0.2, 0.25) is 0 Å². The van der Waals surface area contributed by atoms with Crippen molar-refractivity contribution in [2.45, 2.75) is 19.0 Å². The van der Waals surface area contributed by atoms with E-state index in [4.69, 9.17) is 17.0 Å². The Hall–Kier alpha value is -3.84. The van der Waals surface area contributed by atoms with Crippen LogP contribution in [-0.2, 0) is 0 Å². The second kappa shape index (κ2) is 8.96. The first-order valence-electron chi connectivity index (χ1n) is 10.9. The minimum Gasteiger partial charge on any atom is -0.508 e. The summed E-state index contributed by atoms with van der Waals surface area (Å²) in [6, 6.07) is 24.9. The van der Waals surface area contributed by atoms with Gasteiger partial charge in [-0.3, -0.25) is 4.98 Å². The summed E-state index contributed by atoms with van der Waals surface area (Å²) >= 11 is 5.83. The largest absolute Gasteiger partial charge is 0.508 e. The van der Waals surface area contributed by atoms with Crippen LogP contribution >= 0.6 is 12.2 Å². The molecule has 33 heavy (non-hydrogen) atoms. The van der Waals surface area contributed by atoms with Crippen molar-refractivity contribution in [3.05, 3.63) is 103 Å². The number of rotatable bonds is 6. The van der Waals surface area contributed by atoms with Crippen LogP contribution in [0.25, 0.3) is 5.69 Å². The molecule has 0 aliphatic carbocycles. The van der Waals surface area contributed by atoms with Crippen LogP contribution in [0.4, 0.5) is 5.69 Å². The Morgan fingerprint density at radius 2 is 1.73 bits per heavy atom. The van der Waals surface area contributed by atoms with Crippen LogP contribution in [0.15, 0.2) is 91.3 Å². The number of anilines is 1. The van der Waals surface area contributed by atoms with Gasteiger partial charge in [-0.25, -0.2) is 0 Å². The van der Waals surface area contributed by atoms with E-state index in [9.17, 15) is 5.11 Å². The molecule has 166 valence electrons. The number of nitrogens with one attached hydrogen (secondary N) is 1. The number of pyridine rings is 1. The number of hydrogen-bond donors (Lipinski definition) is 2. The van der Waals surface area contributed by atoms with Gasteiger partial charge in [-0.1, -0.05) is 6.07 Å². The number of benzene rings is 2. The van der Waals surface area contributed by atoms with E-state index >= 15 is 0 Å². The fourth-order valence-corrected chi connectivity index (χ4v) is 4.63. The molecule has 2 unspecified atom stereocenters. The topological polar surface area (TPSA) is 62.5 Å². The third kappa shape index (κ3) is 4.03. The molecule has 0 bridgehead atoms. The lowest BCUT2D eigenvalue weighted by Gasteiger charge is -2.29. The Balaban J connectivity index is 1.62. The van der Waals surface area contributed by atoms with E-state index in [0.717, 1.165) is 28.5 Å². The summed E-state index contributed by atoms with van der Waals surface area (Å²) in [6.45, 7) is 2.59. The second-order valence-corrected chi connectivity index (χ2v) is 8.13. The number of hydrogen-bond acceptors (Lipinski definition) is 4. The smallest absolute Gasteiger partial charge is 0.174 e. The van der Waals surface area contributed by atoms with Crippen LogP contribution in [0.3, 0.4) is 0 Å². The number of aromatic hydroxyl groups is 1. The molecule has 0 saturated carbocycles. The van der Waals surface area contributed by atoms with Gasteiger partial charge in [0.05, 0.1) is 18.3 Å². The average Bonchev–Trinajstić information content (AvgIpc) is 3.45. The lowest BCUT2D eigenvalue weighted by Crippen LogP contribution is -2.30. The van der Waals surface area contributed by atoms with Crippen molar-refractivity contribution in [2.24, 2.45) is 0 Å². The second-order valence-electron chi connectivity index (χ2n) is 7.74.